The maximum atomic E-state index is 13.0. The molecule has 1 aromatic heterocycles. The van der Waals surface area contributed by atoms with Gasteiger partial charge in [0.1, 0.15) is 5.75 Å². The molecule has 184 valence electrons. The Kier molecular flexibility index (Phi) is 8.76. The summed E-state index contributed by atoms with van der Waals surface area (Å²) < 4.78 is 44.4. The van der Waals surface area contributed by atoms with Crippen LogP contribution < -0.4 is 10.1 Å². The van der Waals surface area contributed by atoms with Crippen LogP contribution in [0, 0.1) is 0 Å². The second kappa shape index (κ2) is 11.6. The lowest BCUT2D eigenvalue weighted by molar-refractivity contribution is -0.137. The number of methoxy groups -OCH3 is 1. The summed E-state index contributed by atoms with van der Waals surface area (Å²) in [6.45, 7) is 2.85. The van der Waals surface area contributed by atoms with E-state index in [0.717, 1.165) is 65.0 Å². The summed E-state index contributed by atoms with van der Waals surface area (Å²) in [6.07, 6.45) is -2.69. The normalized spacial score (nSPS) is 12.3. The molecule has 0 aliphatic rings. The van der Waals surface area contributed by atoms with E-state index in [2.05, 4.69) is 18.3 Å². The quantitative estimate of drug-likeness (QED) is 0.270. The van der Waals surface area contributed by atoms with Gasteiger partial charge in [0, 0.05) is 11.4 Å². The van der Waals surface area contributed by atoms with Gasteiger partial charge in [0.2, 0.25) is 0 Å². The molecule has 1 heterocycles. The molecule has 0 saturated heterocycles. The Labute approximate surface area is 209 Å². The number of alkyl halides is 3. The van der Waals surface area contributed by atoms with Crippen LogP contribution in [0.4, 0.5) is 13.2 Å². The van der Waals surface area contributed by atoms with Crippen molar-refractivity contribution in [2.45, 2.75) is 32.0 Å². The molecule has 3 aromatic carbocycles. The molecule has 0 amide bonds. The highest BCUT2D eigenvalue weighted by molar-refractivity contribution is 5.94. The van der Waals surface area contributed by atoms with Gasteiger partial charge in [-0.3, -0.25) is 4.98 Å². The van der Waals surface area contributed by atoms with E-state index in [-0.39, 0.29) is 18.4 Å². The van der Waals surface area contributed by atoms with Gasteiger partial charge in [-0.2, -0.15) is 13.2 Å². The first kappa shape index (κ1) is 26.5. The minimum absolute atomic E-state index is 0. The lowest BCUT2D eigenvalue weighted by Gasteiger charge is -2.19. The number of pyridine rings is 1. The van der Waals surface area contributed by atoms with Crippen molar-refractivity contribution in [2.75, 3.05) is 13.7 Å². The summed E-state index contributed by atoms with van der Waals surface area (Å²) in [4.78, 5) is 4.88. The van der Waals surface area contributed by atoms with Crippen molar-refractivity contribution in [3.05, 3.63) is 95.7 Å². The van der Waals surface area contributed by atoms with Crippen LogP contribution in [0.25, 0.3) is 22.0 Å². The Hall–Kier alpha value is -3.09. The standard InChI is InChI=1S/C28H27F3N2O.ClH/c1-3-25(32-16-15-19-7-6-8-22(17-19)34-2)27-18-24(23-9-4-5-10-26(23)33-27)20-11-13-21(14-12-20)28(29,30)31;/h4-14,17-18,25,32H,3,15-16H2,1-2H3;1H/t25-;/m1./s1. The van der Waals surface area contributed by atoms with Crippen molar-refractivity contribution in [1.82, 2.24) is 10.3 Å². The lowest BCUT2D eigenvalue weighted by Crippen LogP contribution is -2.24. The number of ether oxygens (including phenoxy) is 1. The Morgan fingerprint density at radius 2 is 1.69 bits per heavy atom. The molecule has 0 spiro atoms. The monoisotopic (exact) mass is 500 g/mol. The van der Waals surface area contributed by atoms with E-state index in [0.29, 0.717) is 0 Å². The highest BCUT2D eigenvalue weighted by Gasteiger charge is 2.30. The number of para-hydroxylation sites is 1. The van der Waals surface area contributed by atoms with Crippen LogP contribution in [0.1, 0.15) is 36.2 Å². The molecule has 35 heavy (non-hydrogen) atoms. The topological polar surface area (TPSA) is 34.1 Å². The van der Waals surface area contributed by atoms with Crippen LogP contribution in [0.2, 0.25) is 0 Å². The summed E-state index contributed by atoms with van der Waals surface area (Å²) in [6, 6.07) is 23.1. The Morgan fingerprint density at radius 3 is 2.37 bits per heavy atom. The van der Waals surface area contributed by atoms with Crippen molar-refractivity contribution in [3.8, 4) is 16.9 Å². The fourth-order valence-corrected chi connectivity index (χ4v) is 4.13. The number of nitrogens with one attached hydrogen (secondary N) is 1. The fraction of sp³-hybridized carbons (Fsp3) is 0.250. The van der Waals surface area contributed by atoms with Crippen LogP contribution in [-0.2, 0) is 12.6 Å². The number of hydrogen-bond acceptors (Lipinski definition) is 3. The van der Waals surface area contributed by atoms with E-state index >= 15 is 0 Å². The van der Waals surface area contributed by atoms with Crippen molar-refractivity contribution < 1.29 is 17.9 Å². The molecule has 4 aromatic rings. The average Bonchev–Trinajstić information content (AvgIpc) is 2.85. The second-order valence-corrected chi connectivity index (χ2v) is 8.20. The van der Waals surface area contributed by atoms with Gasteiger partial charge in [0.15, 0.2) is 0 Å². The molecule has 0 aliphatic heterocycles. The maximum Gasteiger partial charge on any atom is 0.416 e. The molecule has 3 nitrogen and oxygen atoms in total. The van der Waals surface area contributed by atoms with Gasteiger partial charge in [-0.25, -0.2) is 0 Å². The number of rotatable bonds is 8. The number of hydrogen-bond donors (Lipinski definition) is 1. The molecule has 0 radical (unpaired) electrons. The molecule has 1 N–H and O–H groups in total. The second-order valence-electron chi connectivity index (χ2n) is 8.20. The van der Waals surface area contributed by atoms with Crippen LogP contribution >= 0.6 is 12.4 Å². The van der Waals surface area contributed by atoms with Gasteiger partial charge in [0.05, 0.1) is 23.9 Å². The van der Waals surface area contributed by atoms with E-state index < -0.39 is 11.7 Å². The van der Waals surface area contributed by atoms with Crippen molar-refractivity contribution in [3.63, 3.8) is 0 Å². The van der Waals surface area contributed by atoms with Gasteiger partial charge in [-0.15, -0.1) is 12.4 Å². The fourth-order valence-electron chi connectivity index (χ4n) is 4.13. The van der Waals surface area contributed by atoms with E-state index in [1.165, 1.54) is 17.7 Å². The first-order valence-electron chi connectivity index (χ1n) is 11.3. The van der Waals surface area contributed by atoms with Crippen molar-refractivity contribution in [2.24, 2.45) is 0 Å². The molecule has 0 saturated carbocycles. The molecule has 4 rings (SSSR count). The summed E-state index contributed by atoms with van der Waals surface area (Å²) in [5, 5.41) is 4.51. The summed E-state index contributed by atoms with van der Waals surface area (Å²) >= 11 is 0. The molecule has 0 aliphatic carbocycles. The van der Waals surface area contributed by atoms with E-state index in [4.69, 9.17) is 9.72 Å². The third-order valence-corrected chi connectivity index (χ3v) is 5.96. The van der Waals surface area contributed by atoms with E-state index in [1.807, 2.05) is 48.5 Å². The maximum absolute atomic E-state index is 13.0. The van der Waals surface area contributed by atoms with Crippen LogP contribution in [0.3, 0.4) is 0 Å². The lowest BCUT2D eigenvalue weighted by atomic mass is 9.97. The van der Waals surface area contributed by atoms with Gasteiger partial charge >= 0.3 is 6.18 Å². The Bertz CT molecular complexity index is 1260. The van der Waals surface area contributed by atoms with Gasteiger partial charge < -0.3 is 10.1 Å². The number of nitrogens with zero attached hydrogens (tertiary/aromatic N) is 1. The SMILES string of the molecule is CC[C@@H](NCCc1cccc(OC)c1)c1cc(-c2ccc(C(F)(F)F)cc2)c2ccccc2n1.Cl. The van der Waals surface area contributed by atoms with Crippen molar-refractivity contribution in [1.29, 1.82) is 0 Å². The molecule has 0 fully saturated rings. The summed E-state index contributed by atoms with van der Waals surface area (Å²) in [5.41, 5.74) is 3.84. The minimum atomic E-state index is -4.36. The van der Waals surface area contributed by atoms with Gasteiger partial charge in [-0.1, -0.05) is 49.4 Å². The predicted octanol–water partition coefficient (Wildman–Crippen LogP) is 7.63. The zero-order chi connectivity index (χ0) is 24.1. The average molecular weight is 501 g/mol. The van der Waals surface area contributed by atoms with E-state index in [1.54, 1.807) is 7.11 Å². The molecule has 0 bridgehead atoms. The molecule has 0 unspecified atom stereocenters. The van der Waals surface area contributed by atoms with Crippen LogP contribution in [0.5, 0.6) is 5.75 Å². The number of aromatic nitrogens is 1. The first-order chi connectivity index (χ1) is 16.4. The molecular weight excluding hydrogens is 473 g/mol. The van der Waals surface area contributed by atoms with Crippen LogP contribution in [0.15, 0.2) is 78.9 Å². The van der Waals surface area contributed by atoms with Gasteiger partial charge in [-0.05, 0) is 72.5 Å². The molecule has 1 atom stereocenters. The number of fused-ring (bicyclic) bond motifs is 1. The third kappa shape index (κ3) is 6.32. The van der Waals surface area contributed by atoms with Crippen LogP contribution in [-0.4, -0.2) is 18.6 Å². The van der Waals surface area contributed by atoms with Crippen molar-refractivity contribution >= 4 is 23.3 Å². The first-order valence-corrected chi connectivity index (χ1v) is 11.3. The largest absolute Gasteiger partial charge is 0.497 e. The Morgan fingerprint density at radius 1 is 0.943 bits per heavy atom. The van der Waals surface area contributed by atoms with E-state index in [9.17, 15) is 13.2 Å². The van der Waals surface area contributed by atoms with Gasteiger partial charge in [0.25, 0.3) is 0 Å². The highest BCUT2D eigenvalue weighted by atomic mass is 35.5. The zero-order valence-electron chi connectivity index (χ0n) is 19.6. The zero-order valence-corrected chi connectivity index (χ0v) is 20.4. The minimum Gasteiger partial charge on any atom is -0.497 e. The number of halogens is 4. The third-order valence-electron chi connectivity index (χ3n) is 5.96. The number of benzene rings is 3. The molecular formula is C28H28ClF3N2O. The smallest absolute Gasteiger partial charge is 0.416 e. The highest BCUT2D eigenvalue weighted by Crippen LogP contribution is 2.34. The summed E-state index contributed by atoms with van der Waals surface area (Å²) in [7, 11) is 1.66. The molecule has 7 heteroatoms. The predicted molar refractivity (Wildman–Crippen MR) is 137 cm³/mol. The summed E-state index contributed by atoms with van der Waals surface area (Å²) in [5.74, 6) is 0.835. The Balaban J connectivity index is 0.00000342.